The molecule has 102 valence electrons. The van der Waals surface area contributed by atoms with E-state index in [1.54, 1.807) is 6.20 Å². The molecule has 0 aromatic carbocycles. The van der Waals surface area contributed by atoms with E-state index in [2.05, 4.69) is 30.7 Å². The molecule has 1 aromatic heterocycles. The van der Waals surface area contributed by atoms with Gasteiger partial charge in [0.25, 0.3) is 0 Å². The van der Waals surface area contributed by atoms with Gasteiger partial charge in [-0.1, -0.05) is 33.0 Å². The molecule has 2 fully saturated rings. The first-order valence-corrected chi connectivity index (χ1v) is 7.33. The molecule has 2 N–H and O–H groups in total. The van der Waals surface area contributed by atoms with Crippen LogP contribution in [-0.2, 0) is 0 Å². The van der Waals surface area contributed by atoms with Crippen molar-refractivity contribution in [1.82, 2.24) is 9.97 Å². The Kier molecular flexibility index (Phi) is 2.72. The third-order valence-electron chi connectivity index (χ3n) is 5.08. The Bertz CT molecular complexity index is 537. The second-order valence-corrected chi connectivity index (χ2v) is 7.73. The van der Waals surface area contributed by atoms with Crippen LogP contribution < -0.4 is 5.73 Å². The molecule has 0 amide bonds. The molecule has 1 heterocycles. The predicted octanol–water partition coefficient (Wildman–Crippen LogP) is 3.04. The summed E-state index contributed by atoms with van der Waals surface area (Å²) < 4.78 is 0. The fourth-order valence-corrected chi connectivity index (χ4v) is 4.71. The normalized spacial score (nSPS) is 35.5. The van der Waals surface area contributed by atoms with Crippen molar-refractivity contribution in [2.45, 2.75) is 46.0 Å². The standard InChI is InChI=1S/C15H21N3S/c1-14(2)8-15(3)4-9(10(14)5-15)11-6-17-7-12(18-11)13(16)19/h6-7,9-10H,4-5,8H2,1-3H3,(H2,16,19)/t9-,10+,15+/m0/s1. The van der Waals surface area contributed by atoms with Gasteiger partial charge >= 0.3 is 0 Å². The van der Waals surface area contributed by atoms with Crippen molar-refractivity contribution in [3.05, 3.63) is 23.8 Å². The van der Waals surface area contributed by atoms with E-state index >= 15 is 0 Å². The lowest BCUT2D eigenvalue weighted by molar-refractivity contribution is 0.157. The SMILES string of the molecule is CC1(C)C[C@]2(C)C[C@H](c3cncc(C(N)=S)n3)[C@H]1C2. The van der Waals surface area contributed by atoms with E-state index in [0.717, 1.165) is 5.69 Å². The number of nitrogens with zero attached hydrogens (tertiary/aromatic N) is 2. The molecular weight excluding hydrogens is 254 g/mol. The summed E-state index contributed by atoms with van der Waals surface area (Å²) in [5.74, 6) is 1.21. The summed E-state index contributed by atoms with van der Waals surface area (Å²) in [6, 6.07) is 0. The molecule has 4 heteroatoms. The smallest absolute Gasteiger partial charge is 0.124 e. The van der Waals surface area contributed by atoms with Gasteiger partial charge in [-0.2, -0.15) is 0 Å². The molecule has 0 unspecified atom stereocenters. The highest BCUT2D eigenvalue weighted by Crippen LogP contribution is 2.67. The third-order valence-corrected chi connectivity index (χ3v) is 5.29. The van der Waals surface area contributed by atoms with E-state index in [9.17, 15) is 0 Å². The van der Waals surface area contributed by atoms with Gasteiger partial charge in [0.05, 0.1) is 11.9 Å². The van der Waals surface area contributed by atoms with Gasteiger partial charge in [0.2, 0.25) is 0 Å². The average Bonchev–Trinajstić information content (AvgIpc) is 2.77. The molecule has 0 aliphatic heterocycles. The summed E-state index contributed by atoms with van der Waals surface area (Å²) >= 11 is 5.01. The highest BCUT2D eigenvalue weighted by Gasteiger charge is 2.57. The second-order valence-electron chi connectivity index (χ2n) is 7.29. The Hall–Kier alpha value is -1.03. The summed E-state index contributed by atoms with van der Waals surface area (Å²) in [7, 11) is 0. The van der Waals surface area contributed by atoms with Crippen LogP contribution in [0.15, 0.2) is 12.4 Å². The van der Waals surface area contributed by atoms with E-state index in [0.29, 0.717) is 33.3 Å². The summed E-state index contributed by atoms with van der Waals surface area (Å²) in [6.45, 7) is 7.19. The van der Waals surface area contributed by atoms with Crippen molar-refractivity contribution in [3.63, 3.8) is 0 Å². The van der Waals surface area contributed by atoms with Gasteiger partial charge in [0.15, 0.2) is 0 Å². The molecule has 0 saturated heterocycles. The van der Waals surface area contributed by atoms with Crippen molar-refractivity contribution in [2.75, 3.05) is 0 Å². The molecule has 2 aliphatic carbocycles. The third kappa shape index (κ3) is 2.06. The summed E-state index contributed by atoms with van der Waals surface area (Å²) in [4.78, 5) is 9.25. The van der Waals surface area contributed by atoms with Crippen LogP contribution in [0, 0.1) is 16.7 Å². The molecule has 0 spiro atoms. The number of thiocarbonyl (C=S) groups is 1. The first-order valence-electron chi connectivity index (χ1n) is 6.93. The molecule has 2 bridgehead atoms. The quantitative estimate of drug-likeness (QED) is 0.843. The molecule has 2 aliphatic rings. The van der Waals surface area contributed by atoms with Crippen LogP contribution >= 0.6 is 12.2 Å². The van der Waals surface area contributed by atoms with Gasteiger partial charge in [0.1, 0.15) is 10.7 Å². The maximum absolute atomic E-state index is 5.67. The monoisotopic (exact) mass is 275 g/mol. The Labute approximate surface area is 120 Å². The zero-order chi connectivity index (χ0) is 13.8. The number of fused-ring (bicyclic) bond motifs is 2. The van der Waals surface area contributed by atoms with E-state index in [1.807, 2.05) is 6.20 Å². The lowest BCUT2D eigenvalue weighted by Gasteiger charge is -2.38. The first-order chi connectivity index (χ1) is 8.81. The van der Waals surface area contributed by atoms with Gasteiger partial charge in [-0.05, 0) is 36.0 Å². The lowest BCUT2D eigenvalue weighted by atomic mass is 9.67. The zero-order valence-electron chi connectivity index (χ0n) is 11.8. The van der Waals surface area contributed by atoms with Crippen molar-refractivity contribution in [2.24, 2.45) is 22.5 Å². The first kappa shape index (κ1) is 13.0. The van der Waals surface area contributed by atoms with Crippen LogP contribution in [0.2, 0.25) is 0 Å². The molecular formula is C15H21N3S. The highest BCUT2D eigenvalue weighted by molar-refractivity contribution is 7.80. The van der Waals surface area contributed by atoms with Crippen LogP contribution in [0.3, 0.4) is 0 Å². The Balaban J connectivity index is 1.96. The Morgan fingerprint density at radius 3 is 2.63 bits per heavy atom. The van der Waals surface area contributed by atoms with Gasteiger partial charge in [-0.15, -0.1) is 0 Å². The number of nitrogens with two attached hydrogens (primary N) is 1. The topological polar surface area (TPSA) is 51.8 Å². The van der Waals surface area contributed by atoms with Crippen LogP contribution in [0.5, 0.6) is 0 Å². The minimum Gasteiger partial charge on any atom is -0.388 e. The van der Waals surface area contributed by atoms with Crippen LogP contribution in [0.4, 0.5) is 0 Å². The number of hydrogen-bond acceptors (Lipinski definition) is 3. The Morgan fingerprint density at radius 2 is 2.05 bits per heavy atom. The molecule has 1 aromatic rings. The van der Waals surface area contributed by atoms with Gasteiger partial charge in [-0.25, -0.2) is 4.98 Å². The van der Waals surface area contributed by atoms with Crippen LogP contribution in [-0.4, -0.2) is 15.0 Å². The summed E-state index contributed by atoms with van der Waals surface area (Å²) in [5.41, 5.74) is 8.27. The van der Waals surface area contributed by atoms with Gasteiger partial charge in [-0.3, -0.25) is 4.98 Å². The van der Waals surface area contributed by atoms with E-state index in [4.69, 9.17) is 18.0 Å². The van der Waals surface area contributed by atoms with E-state index < -0.39 is 0 Å². The fraction of sp³-hybridized carbons (Fsp3) is 0.667. The second kappa shape index (κ2) is 3.98. The zero-order valence-corrected chi connectivity index (χ0v) is 12.6. The molecule has 3 atom stereocenters. The number of rotatable bonds is 2. The molecule has 19 heavy (non-hydrogen) atoms. The highest BCUT2D eigenvalue weighted by atomic mass is 32.1. The summed E-state index contributed by atoms with van der Waals surface area (Å²) in [5, 5.41) is 0. The van der Waals surface area contributed by atoms with Crippen molar-refractivity contribution < 1.29 is 0 Å². The molecule has 3 rings (SSSR count). The van der Waals surface area contributed by atoms with Gasteiger partial charge in [0, 0.05) is 12.1 Å². The van der Waals surface area contributed by atoms with Crippen molar-refractivity contribution in [3.8, 4) is 0 Å². The summed E-state index contributed by atoms with van der Waals surface area (Å²) in [6.07, 6.45) is 7.41. The average molecular weight is 275 g/mol. The van der Waals surface area contributed by atoms with Crippen molar-refractivity contribution in [1.29, 1.82) is 0 Å². The minimum absolute atomic E-state index is 0.336. The van der Waals surface area contributed by atoms with Crippen molar-refractivity contribution >= 4 is 17.2 Å². The van der Waals surface area contributed by atoms with E-state index in [-0.39, 0.29) is 0 Å². The fourth-order valence-electron chi connectivity index (χ4n) is 4.62. The van der Waals surface area contributed by atoms with E-state index in [1.165, 1.54) is 19.3 Å². The molecule has 0 radical (unpaired) electrons. The Morgan fingerprint density at radius 1 is 1.32 bits per heavy atom. The maximum atomic E-state index is 5.67. The lowest BCUT2D eigenvalue weighted by Crippen LogP contribution is -2.29. The maximum Gasteiger partial charge on any atom is 0.124 e. The number of aromatic nitrogens is 2. The van der Waals surface area contributed by atoms with Crippen LogP contribution in [0.1, 0.15) is 57.3 Å². The number of hydrogen-bond donors (Lipinski definition) is 1. The van der Waals surface area contributed by atoms with Crippen LogP contribution in [0.25, 0.3) is 0 Å². The van der Waals surface area contributed by atoms with Gasteiger partial charge < -0.3 is 5.73 Å². The minimum atomic E-state index is 0.336. The predicted molar refractivity (Wildman–Crippen MR) is 79.9 cm³/mol. The molecule has 2 saturated carbocycles. The largest absolute Gasteiger partial charge is 0.388 e. The molecule has 3 nitrogen and oxygen atoms in total.